The highest BCUT2D eigenvalue weighted by molar-refractivity contribution is 5.85. The minimum atomic E-state index is -0.351. The van der Waals surface area contributed by atoms with Crippen molar-refractivity contribution in [2.45, 2.75) is 25.5 Å². The molecular weight excluding hydrogens is 154 g/mol. The van der Waals surface area contributed by atoms with Crippen LogP contribution in [0.1, 0.15) is 19.3 Å². The summed E-state index contributed by atoms with van der Waals surface area (Å²) in [5.74, 6) is 0.426. The Hall–Kier alpha value is -0.280. The standard InChI is InChI=1S/C6H11NO2.ClH/c7-6(9-4-8)5-2-1-3-5;/h4-6H,1-3,7H2;1H. The second kappa shape index (κ2) is 4.52. The van der Waals surface area contributed by atoms with Crippen molar-refractivity contribution in [2.75, 3.05) is 0 Å². The van der Waals surface area contributed by atoms with Gasteiger partial charge in [0.25, 0.3) is 6.47 Å². The van der Waals surface area contributed by atoms with Crippen molar-refractivity contribution in [1.29, 1.82) is 0 Å². The number of halogens is 1. The summed E-state index contributed by atoms with van der Waals surface area (Å²) in [5, 5.41) is 0. The number of nitrogens with two attached hydrogens (primary N) is 1. The van der Waals surface area contributed by atoms with Crippen LogP contribution >= 0.6 is 12.4 Å². The number of hydrogen-bond donors (Lipinski definition) is 1. The minimum absolute atomic E-state index is 0. The Balaban J connectivity index is 0.000000810. The van der Waals surface area contributed by atoms with Gasteiger partial charge in [-0.1, -0.05) is 6.42 Å². The van der Waals surface area contributed by atoms with Crippen LogP contribution in [0.2, 0.25) is 0 Å². The average molecular weight is 166 g/mol. The second-order valence-corrected chi connectivity index (χ2v) is 2.39. The molecule has 1 atom stereocenters. The van der Waals surface area contributed by atoms with E-state index >= 15 is 0 Å². The summed E-state index contributed by atoms with van der Waals surface area (Å²) < 4.78 is 4.54. The SMILES string of the molecule is Cl.NC(OC=O)C1CCC1. The third-order valence-electron chi connectivity index (χ3n) is 1.83. The summed E-state index contributed by atoms with van der Waals surface area (Å²) in [5.41, 5.74) is 5.44. The lowest BCUT2D eigenvalue weighted by Gasteiger charge is -2.29. The van der Waals surface area contributed by atoms with Gasteiger partial charge in [0.1, 0.15) is 0 Å². The van der Waals surface area contributed by atoms with Gasteiger partial charge in [-0.3, -0.25) is 10.5 Å². The zero-order valence-electron chi connectivity index (χ0n) is 5.66. The molecule has 0 aromatic rings. The number of ether oxygens (including phenoxy) is 1. The van der Waals surface area contributed by atoms with Crippen LogP contribution in [0.25, 0.3) is 0 Å². The van der Waals surface area contributed by atoms with E-state index in [0.29, 0.717) is 12.4 Å². The summed E-state index contributed by atoms with van der Waals surface area (Å²) in [6.45, 7) is 0.420. The molecule has 0 heterocycles. The fourth-order valence-electron chi connectivity index (χ4n) is 0.944. The van der Waals surface area contributed by atoms with E-state index in [9.17, 15) is 4.79 Å². The molecular formula is C6H12ClNO2. The molecule has 0 saturated heterocycles. The van der Waals surface area contributed by atoms with Gasteiger partial charge in [0, 0.05) is 5.92 Å². The third kappa shape index (κ3) is 2.15. The van der Waals surface area contributed by atoms with Crippen LogP contribution in [0, 0.1) is 5.92 Å². The number of carbonyl (C=O) groups is 1. The van der Waals surface area contributed by atoms with E-state index in [-0.39, 0.29) is 18.6 Å². The van der Waals surface area contributed by atoms with E-state index in [1.165, 1.54) is 6.42 Å². The van der Waals surface area contributed by atoms with E-state index < -0.39 is 0 Å². The maximum absolute atomic E-state index is 9.76. The van der Waals surface area contributed by atoms with Gasteiger partial charge in [-0.2, -0.15) is 0 Å². The molecule has 0 aromatic carbocycles. The molecule has 0 radical (unpaired) electrons. The van der Waals surface area contributed by atoms with E-state index in [1.807, 2.05) is 0 Å². The number of carbonyl (C=O) groups excluding carboxylic acids is 1. The predicted molar refractivity (Wildman–Crippen MR) is 39.7 cm³/mol. The molecule has 2 N–H and O–H groups in total. The molecule has 1 unspecified atom stereocenters. The van der Waals surface area contributed by atoms with E-state index in [4.69, 9.17) is 5.73 Å². The first-order chi connectivity index (χ1) is 4.34. The largest absolute Gasteiger partial charge is 0.449 e. The topological polar surface area (TPSA) is 52.3 Å². The first-order valence-electron chi connectivity index (χ1n) is 3.19. The molecule has 60 valence electrons. The van der Waals surface area contributed by atoms with E-state index in [1.54, 1.807) is 0 Å². The van der Waals surface area contributed by atoms with Gasteiger partial charge < -0.3 is 4.74 Å². The van der Waals surface area contributed by atoms with Gasteiger partial charge in [-0.25, -0.2) is 0 Å². The smallest absolute Gasteiger partial charge is 0.294 e. The molecule has 0 spiro atoms. The van der Waals surface area contributed by atoms with Crippen LogP contribution < -0.4 is 5.73 Å². The van der Waals surface area contributed by atoms with Crippen molar-refractivity contribution in [3.05, 3.63) is 0 Å². The van der Waals surface area contributed by atoms with Gasteiger partial charge in [-0.05, 0) is 12.8 Å². The van der Waals surface area contributed by atoms with Crippen LogP contribution in [0.3, 0.4) is 0 Å². The molecule has 0 amide bonds. The Bertz CT molecular complexity index is 106. The van der Waals surface area contributed by atoms with Crippen LogP contribution in [0.15, 0.2) is 0 Å². The highest BCUT2D eigenvalue weighted by atomic mass is 35.5. The Morgan fingerprint density at radius 3 is 2.50 bits per heavy atom. The Morgan fingerprint density at radius 2 is 2.20 bits per heavy atom. The molecule has 1 fully saturated rings. The summed E-state index contributed by atoms with van der Waals surface area (Å²) >= 11 is 0. The Morgan fingerprint density at radius 1 is 1.60 bits per heavy atom. The first-order valence-corrected chi connectivity index (χ1v) is 3.19. The normalized spacial score (nSPS) is 20.1. The predicted octanol–water partition coefficient (Wildman–Crippen LogP) is 0.666. The zero-order valence-corrected chi connectivity index (χ0v) is 6.47. The van der Waals surface area contributed by atoms with Gasteiger partial charge in [-0.15, -0.1) is 12.4 Å². The highest BCUT2D eigenvalue weighted by Crippen LogP contribution is 2.28. The molecule has 0 bridgehead atoms. The van der Waals surface area contributed by atoms with Crippen molar-refractivity contribution in [1.82, 2.24) is 0 Å². The van der Waals surface area contributed by atoms with Crippen LogP contribution in [-0.2, 0) is 9.53 Å². The average Bonchev–Trinajstić information content (AvgIpc) is 1.60. The van der Waals surface area contributed by atoms with Crippen molar-refractivity contribution in [3.8, 4) is 0 Å². The number of hydrogen-bond acceptors (Lipinski definition) is 3. The molecule has 1 saturated carbocycles. The zero-order chi connectivity index (χ0) is 6.69. The summed E-state index contributed by atoms with van der Waals surface area (Å²) in [4.78, 5) is 9.76. The molecule has 0 aliphatic heterocycles. The second-order valence-electron chi connectivity index (χ2n) is 2.39. The molecule has 4 heteroatoms. The number of rotatable bonds is 3. The summed E-state index contributed by atoms with van der Waals surface area (Å²) in [7, 11) is 0. The fraction of sp³-hybridized carbons (Fsp3) is 0.833. The highest BCUT2D eigenvalue weighted by Gasteiger charge is 2.25. The molecule has 0 aromatic heterocycles. The van der Waals surface area contributed by atoms with Gasteiger partial charge in [0.05, 0.1) is 0 Å². The Labute approximate surface area is 66.3 Å². The van der Waals surface area contributed by atoms with E-state index in [2.05, 4.69) is 4.74 Å². The molecule has 1 aliphatic rings. The van der Waals surface area contributed by atoms with Gasteiger partial charge in [0.15, 0.2) is 6.23 Å². The summed E-state index contributed by atoms with van der Waals surface area (Å²) in [6.07, 6.45) is 3.08. The molecule has 10 heavy (non-hydrogen) atoms. The molecule has 1 rings (SSSR count). The lowest BCUT2D eigenvalue weighted by molar-refractivity contribution is -0.137. The van der Waals surface area contributed by atoms with Gasteiger partial charge in [0.2, 0.25) is 0 Å². The maximum Gasteiger partial charge on any atom is 0.294 e. The first kappa shape index (κ1) is 9.72. The quantitative estimate of drug-likeness (QED) is 0.494. The van der Waals surface area contributed by atoms with Crippen molar-refractivity contribution >= 4 is 18.9 Å². The fourth-order valence-corrected chi connectivity index (χ4v) is 0.944. The minimum Gasteiger partial charge on any atom is -0.449 e. The molecule has 3 nitrogen and oxygen atoms in total. The summed E-state index contributed by atoms with van der Waals surface area (Å²) in [6, 6.07) is 0. The maximum atomic E-state index is 9.76. The monoisotopic (exact) mass is 165 g/mol. The van der Waals surface area contributed by atoms with Crippen molar-refractivity contribution < 1.29 is 9.53 Å². The van der Waals surface area contributed by atoms with Crippen LogP contribution in [0.5, 0.6) is 0 Å². The van der Waals surface area contributed by atoms with Gasteiger partial charge >= 0.3 is 0 Å². The molecule has 1 aliphatic carbocycles. The van der Waals surface area contributed by atoms with Crippen molar-refractivity contribution in [3.63, 3.8) is 0 Å². The van der Waals surface area contributed by atoms with E-state index in [0.717, 1.165) is 12.8 Å². The Kier molecular flexibility index (Phi) is 4.40. The lowest BCUT2D eigenvalue weighted by Crippen LogP contribution is -2.36. The van der Waals surface area contributed by atoms with Crippen molar-refractivity contribution in [2.24, 2.45) is 11.7 Å². The van der Waals surface area contributed by atoms with Crippen LogP contribution in [0.4, 0.5) is 0 Å². The third-order valence-corrected chi connectivity index (χ3v) is 1.83. The van der Waals surface area contributed by atoms with Crippen LogP contribution in [-0.4, -0.2) is 12.7 Å². The lowest BCUT2D eigenvalue weighted by atomic mass is 9.84.